The number of halogens is 1. The fourth-order valence-corrected chi connectivity index (χ4v) is 2.80. The Morgan fingerprint density at radius 1 is 1.03 bits per heavy atom. The average molecular weight is 439 g/mol. The molecule has 3 rings (SSSR count). The highest BCUT2D eigenvalue weighted by Gasteiger charge is 2.22. The zero-order valence-corrected chi connectivity index (χ0v) is 17.5. The highest BCUT2D eigenvalue weighted by atomic mass is 19.1. The van der Waals surface area contributed by atoms with E-state index in [1.54, 1.807) is 4.57 Å². The number of carbonyl (C=O) groups excluding carboxylic acids is 3. The monoisotopic (exact) mass is 439 g/mol. The molecule has 10 nitrogen and oxygen atoms in total. The van der Waals surface area contributed by atoms with Gasteiger partial charge in [0.05, 0.1) is 18.2 Å². The molecule has 0 saturated carbocycles. The zero-order valence-electron chi connectivity index (χ0n) is 17.5. The van der Waals surface area contributed by atoms with Crippen molar-refractivity contribution in [1.29, 1.82) is 0 Å². The standard InChI is InChI=1S/C21H22FN7O3/c1-28(2)9-10-29-12-25-17(19(23)30)18(29)21(32)26-15-7-8-16(24-11-15)27-20(31)13-3-5-14(22)6-4-13/h3-8,11-12H,9-10H2,1-2H3,(H2,23,30)(H,26,32)(H,24,27,31). The van der Waals surface area contributed by atoms with Crippen molar-refractivity contribution in [2.24, 2.45) is 5.73 Å². The van der Waals surface area contributed by atoms with Gasteiger partial charge in [-0.05, 0) is 50.5 Å². The van der Waals surface area contributed by atoms with Crippen LogP contribution in [-0.2, 0) is 6.54 Å². The fourth-order valence-electron chi connectivity index (χ4n) is 2.80. The number of anilines is 2. The molecule has 2 heterocycles. The third kappa shape index (κ3) is 5.52. The molecule has 0 saturated heterocycles. The summed E-state index contributed by atoms with van der Waals surface area (Å²) in [6.07, 6.45) is 2.74. The van der Waals surface area contributed by atoms with E-state index in [2.05, 4.69) is 20.6 Å². The summed E-state index contributed by atoms with van der Waals surface area (Å²) in [5.74, 6) is -2.03. The lowest BCUT2D eigenvalue weighted by Gasteiger charge is -2.13. The molecule has 3 aromatic rings. The molecule has 11 heteroatoms. The molecular formula is C21H22FN7O3. The van der Waals surface area contributed by atoms with Crippen LogP contribution in [0.4, 0.5) is 15.9 Å². The molecule has 2 aromatic heterocycles. The number of hydrogen-bond acceptors (Lipinski definition) is 6. The number of aromatic nitrogens is 3. The van der Waals surface area contributed by atoms with E-state index in [0.29, 0.717) is 18.8 Å². The van der Waals surface area contributed by atoms with Crippen LogP contribution < -0.4 is 16.4 Å². The summed E-state index contributed by atoms with van der Waals surface area (Å²) in [4.78, 5) is 46.7. The summed E-state index contributed by atoms with van der Waals surface area (Å²) in [7, 11) is 3.77. The van der Waals surface area contributed by atoms with Gasteiger partial charge in [0.15, 0.2) is 5.69 Å². The Hall–Kier alpha value is -4.12. The minimum Gasteiger partial charge on any atom is -0.364 e. The smallest absolute Gasteiger partial charge is 0.274 e. The van der Waals surface area contributed by atoms with Crippen LogP contribution in [0.5, 0.6) is 0 Å². The number of rotatable bonds is 8. The molecule has 32 heavy (non-hydrogen) atoms. The SMILES string of the molecule is CN(C)CCn1cnc(C(N)=O)c1C(=O)Nc1ccc(NC(=O)c2ccc(F)cc2)nc1. The van der Waals surface area contributed by atoms with Crippen LogP contribution in [0.1, 0.15) is 31.3 Å². The maximum Gasteiger partial charge on any atom is 0.274 e. The number of nitrogens with two attached hydrogens (primary N) is 1. The average Bonchev–Trinajstić information content (AvgIpc) is 3.18. The van der Waals surface area contributed by atoms with E-state index in [4.69, 9.17) is 5.73 Å². The summed E-state index contributed by atoms with van der Waals surface area (Å²) in [6.45, 7) is 1.06. The van der Waals surface area contributed by atoms with Crippen molar-refractivity contribution < 1.29 is 18.8 Å². The number of carbonyl (C=O) groups is 3. The molecule has 0 aliphatic heterocycles. The summed E-state index contributed by atoms with van der Waals surface area (Å²) in [5.41, 5.74) is 5.89. The predicted molar refractivity (Wildman–Crippen MR) is 116 cm³/mol. The molecule has 4 N–H and O–H groups in total. The van der Waals surface area contributed by atoms with E-state index in [9.17, 15) is 18.8 Å². The van der Waals surface area contributed by atoms with Gasteiger partial charge in [-0.3, -0.25) is 14.4 Å². The van der Waals surface area contributed by atoms with E-state index in [1.807, 2.05) is 19.0 Å². The van der Waals surface area contributed by atoms with Crippen molar-refractivity contribution >= 4 is 29.2 Å². The Morgan fingerprint density at radius 3 is 2.34 bits per heavy atom. The van der Waals surface area contributed by atoms with Gasteiger partial charge in [0.2, 0.25) is 0 Å². The second-order valence-electron chi connectivity index (χ2n) is 7.15. The Labute approximate surface area is 183 Å². The van der Waals surface area contributed by atoms with E-state index >= 15 is 0 Å². The number of pyridine rings is 1. The molecule has 0 radical (unpaired) electrons. The summed E-state index contributed by atoms with van der Waals surface area (Å²) >= 11 is 0. The second kappa shape index (κ2) is 9.79. The van der Waals surface area contributed by atoms with Crippen molar-refractivity contribution in [2.45, 2.75) is 6.54 Å². The molecule has 166 valence electrons. The van der Waals surface area contributed by atoms with Crippen LogP contribution in [0.25, 0.3) is 0 Å². The summed E-state index contributed by atoms with van der Waals surface area (Å²) in [6, 6.07) is 8.12. The van der Waals surface area contributed by atoms with Gasteiger partial charge in [0.1, 0.15) is 17.3 Å². The van der Waals surface area contributed by atoms with Crippen LogP contribution in [0.2, 0.25) is 0 Å². The van der Waals surface area contributed by atoms with Gasteiger partial charge < -0.3 is 25.8 Å². The first-order valence-electron chi connectivity index (χ1n) is 9.58. The van der Waals surface area contributed by atoms with Crippen LogP contribution in [0.3, 0.4) is 0 Å². The number of benzene rings is 1. The van der Waals surface area contributed by atoms with Gasteiger partial charge in [0.25, 0.3) is 17.7 Å². The van der Waals surface area contributed by atoms with Gasteiger partial charge in [-0.2, -0.15) is 0 Å². The van der Waals surface area contributed by atoms with Crippen molar-refractivity contribution in [3.05, 3.63) is 71.7 Å². The van der Waals surface area contributed by atoms with E-state index < -0.39 is 23.5 Å². The van der Waals surface area contributed by atoms with Crippen LogP contribution in [0.15, 0.2) is 48.9 Å². The van der Waals surface area contributed by atoms with Crippen LogP contribution in [-0.4, -0.2) is 57.8 Å². The fraction of sp³-hybridized carbons (Fsp3) is 0.190. The highest BCUT2D eigenvalue weighted by Crippen LogP contribution is 2.15. The second-order valence-corrected chi connectivity index (χ2v) is 7.15. The van der Waals surface area contributed by atoms with Crippen LogP contribution in [0, 0.1) is 5.82 Å². The van der Waals surface area contributed by atoms with Gasteiger partial charge in [-0.15, -0.1) is 0 Å². The third-order valence-electron chi connectivity index (χ3n) is 4.44. The van der Waals surface area contributed by atoms with Crippen LogP contribution >= 0.6 is 0 Å². The normalized spacial score (nSPS) is 10.8. The first-order chi connectivity index (χ1) is 15.2. The van der Waals surface area contributed by atoms with E-state index in [-0.39, 0.29) is 22.8 Å². The number of primary amides is 1. The molecule has 0 bridgehead atoms. The largest absolute Gasteiger partial charge is 0.364 e. The van der Waals surface area contributed by atoms with Gasteiger partial charge in [-0.1, -0.05) is 0 Å². The minimum atomic E-state index is -0.810. The third-order valence-corrected chi connectivity index (χ3v) is 4.44. The summed E-state index contributed by atoms with van der Waals surface area (Å²) < 4.78 is 14.5. The molecule has 0 unspecified atom stereocenters. The number of imidazole rings is 1. The molecule has 1 aromatic carbocycles. The molecule has 0 fully saturated rings. The number of hydrogen-bond donors (Lipinski definition) is 3. The maximum absolute atomic E-state index is 13.0. The molecule has 0 atom stereocenters. The Morgan fingerprint density at radius 2 is 1.75 bits per heavy atom. The lowest BCUT2D eigenvalue weighted by molar-refractivity contribution is 0.0969. The van der Waals surface area contributed by atoms with E-state index in [0.717, 1.165) is 0 Å². The lowest BCUT2D eigenvalue weighted by atomic mass is 10.2. The topological polar surface area (TPSA) is 135 Å². The van der Waals surface area contributed by atoms with Crippen molar-refractivity contribution in [2.75, 3.05) is 31.3 Å². The molecular weight excluding hydrogens is 417 g/mol. The van der Waals surface area contributed by atoms with Gasteiger partial charge in [0, 0.05) is 18.7 Å². The molecule has 0 aliphatic rings. The Bertz CT molecular complexity index is 1130. The van der Waals surface area contributed by atoms with Crippen molar-refractivity contribution in [3.63, 3.8) is 0 Å². The maximum atomic E-state index is 13.0. The number of amides is 3. The molecule has 0 aliphatic carbocycles. The quantitative estimate of drug-likeness (QED) is 0.488. The number of likely N-dealkylation sites (N-methyl/N-ethyl adjacent to an activating group) is 1. The first-order valence-corrected chi connectivity index (χ1v) is 9.58. The highest BCUT2D eigenvalue weighted by molar-refractivity contribution is 6.10. The van der Waals surface area contributed by atoms with Gasteiger partial charge in [-0.25, -0.2) is 14.4 Å². The number of nitrogens with one attached hydrogen (secondary N) is 2. The Balaban J connectivity index is 1.70. The van der Waals surface area contributed by atoms with Crippen molar-refractivity contribution in [1.82, 2.24) is 19.4 Å². The lowest BCUT2D eigenvalue weighted by Crippen LogP contribution is -2.25. The number of nitrogens with zero attached hydrogens (tertiary/aromatic N) is 4. The summed E-state index contributed by atoms with van der Waals surface area (Å²) in [5, 5.41) is 5.23. The minimum absolute atomic E-state index is 0.0491. The predicted octanol–water partition coefficient (Wildman–Crippen LogP) is 1.58. The Kier molecular flexibility index (Phi) is 6.90. The molecule has 0 spiro atoms. The zero-order chi connectivity index (χ0) is 23.3. The van der Waals surface area contributed by atoms with Crippen molar-refractivity contribution in [3.8, 4) is 0 Å². The first kappa shape index (κ1) is 22.6. The van der Waals surface area contributed by atoms with E-state index in [1.165, 1.54) is 48.9 Å². The van der Waals surface area contributed by atoms with Gasteiger partial charge >= 0.3 is 0 Å². The molecule has 3 amide bonds.